The van der Waals surface area contributed by atoms with Crippen LogP contribution < -0.4 is 16.6 Å². The number of benzene rings is 1. The maximum atomic E-state index is 13.1. The second kappa shape index (κ2) is 13.9. The second-order valence-corrected chi connectivity index (χ2v) is 9.20. The number of nitrogens with one attached hydrogen (secondary N) is 2. The van der Waals surface area contributed by atoms with E-state index in [0.717, 1.165) is 19.3 Å². The summed E-state index contributed by atoms with van der Waals surface area (Å²) in [4.78, 5) is 37.8. The normalized spacial score (nSPS) is 14.1. The van der Waals surface area contributed by atoms with Crippen molar-refractivity contribution in [3.05, 3.63) is 48.6 Å². The number of nitrogens with two attached hydrogens (primary N) is 1. The minimum Gasteiger partial charge on any atom is -0.460 e. The van der Waals surface area contributed by atoms with E-state index in [-0.39, 0.29) is 19.3 Å². The van der Waals surface area contributed by atoms with E-state index in [0.29, 0.717) is 6.42 Å². The average Bonchev–Trinajstić information content (AvgIpc) is 2.75. The molecule has 0 aliphatic rings. The fraction of sp³-hybridized carbons (Fsp3) is 0.560. The molecule has 0 aliphatic heterocycles. The SMILES string of the molecule is C=CC[C@](NN)(C(=O)NC(=O)CCCCCc1ccccc1)C(CO)CC(=O)OC(C)(C)C. The van der Waals surface area contributed by atoms with Gasteiger partial charge in [-0.15, -0.1) is 6.58 Å². The quantitative estimate of drug-likeness (QED) is 0.110. The van der Waals surface area contributed by atoms with Crippen LogP contribution in [0.3, 0.4) is 0 Å². The molecule has 0 saturated heterocycles. The Kier molecular flexibility index (Phi) is 12.0. The number of aryl methyl sites for hydroxylation is 1. The highest BCUT2D eigenvalue weighted by molar-refractivity contribution is 6.00. The Hall–Kier alpha value is -2.55. The van der Waals surface area contributed by atoms with E-state index in [1.807, 2.05) is 18.2 Å². The summed E-state index contributed by atoms with van der Waals surface area (Å²) in [5.74, 6) is 3.07. The summed E-state index contributed by atoms with van der Waals surface area (Å²) in [6.45, 7) is 8.30. The number of aliphatic hydroxyl groups excluding tert-OH is 1. The number of amides is 2. The standard InChI is InChI=1S/C25H39N3O5/c1-5-16-25(28-26,20(18-29)17-22(31)33-24(2,3)4)23(32)27-21(30)15-11-7-10-14-19-12-8-6-9-13-19/h5-6,8-9,12-13,20,28-29H,1,7,10-11,14-18,26H2,2-4H3,(H,27,30,32)/t20?,25-/m1/s1. The molecule has 0 aromatic heterocycles. The molecule has 0 aliphatic carbocycles. The van der Waals surface area contributed by atoms with Gasteiger partial charge in [0.2, 0.25) is 11.8 Å². The van der Waals surface area contributed by atoms with E-state index in [1.165, 1.54) is 11.6 Å². The van der Waals surface area contributed by atoms with Gasteiger partial charge < -0.3 is 9.84 Å². The Morgan fingerprint density at radius 1 is 1.15 bits per heavy atom. The van der Waals surface area contributed by atoms with Gasteiger partial charge in [0.25, 0.3) is 0 Å². The van der Waals surface area contributed by atoms with Crippen molar-refractivity contribution in [2.75, 3.05) is 6.61 Å². The Labute approximate surface area is 196 Å². The molecule has 0 bridgehead atoms. The summed E-state index contributed by atoms with van der Waals surface area (Å²) < 4.78 is 5.31. The van der Waals surface area contributed by atoms with Gasteiger partial charge in [0, 0.05) is 18.9 Å². The van der Waals surface area contributed by atoms with Gasteiger partial charge in [-0.3, -0.25) is 25.5 Å². The first-order valence-corrected chi connectivity index (χ1v) is 11.4. The zero-order chi connectivity index (χ0) is 24.9. The Morgan fingerprint density at radius 3 is 2.36 bits per heavy atom. The van der Waals surface area contributed by atoms with Crippen LogP contribution in [-0.4, -0.2) is 40.6 Å². The van der Waals surface area contributed by atoms with Gasteiger partial charge >= 0.3 is 5.97 Å². The van der Waals surface area contributed by atoms with E-state index in [2.05, 4.69) is 29.5 Å². The number of rotatable bonds is 14. The topological polar surface area (TPSA) is 131 Å². The number of aliphatic hydroxyl groups is 1. The van der Waals surface area contributed by atoms with Crippen molar-refractivity contribution in [3.63, 3.8) is 0 Å². The van der Waals surface area contributed by atoms with Gasteiger partial charge in [0.15, 0.2) is 0 Å². The fourth-order valence-electron chi connectivity index (χ4n) is 3.63. The molecule has 0 saturated carbocycles. The summed E-state index contributed by atoms with van der Waals surface area (Å²) in [7, 11) is 0. The summed E-state index contributed by atoms with van der Waals surface area (Å²) >= 11 is 0. The highest BCUT2D eigenvalue weighted by atomic mass is 16.6. The van der Waals surface area contributed by atoms with Crippen LogP contribution in [0.5, 0.6) is 0 Å². The van der Waals surface area contributed by atoms with Crippen molar-refractivity contribution in [2.45, 2.75) is 76.9 Å². The second-order valence-electron chi connectivity index (χ2n) is 9.20. The smallest absolute Gasteiger partial charge is 0.306 e. The molecule has 1 aromatic carbocycles. The third-order valence-electron chi connectivity index (χ3n) is 5.34. The summed E-state index contributed by atoms with van der Waals surface area (Å²) in [5, 5.41) is 12.3. The van der Waals surface area contributed by atoms with E-state index >= 15 is 0 Å². The fourth-order valence-corrected chi connectivity index (χ4v) is 3.63. The molecule has 0 spiro atoms. The molecule has 5 N–H and O–H groups in total. The van der Waals surface area contributed by atoms with Crippen LogP contribution in [0.4, 0.5) is 0 Å². The van der Waals surface area contributed by atoms with Crippen LogP contribution in [0, 0.1) is 5.92 Å². The number of imide groups is 1. The van der Waals surface area contributed by atoms with E-state index in [4.69, 9.17) is 10.6 Å². The molecule has 8 heteroatoms. The van der Waals surface area contributed by atoms with E-state index in [1.54, 1.807) is 20.8 Å². The Bertz CT molecular complexity index is 776. The van der Waals surface area contributed by atoms with E-state index in [9.17, 15) is 19.5 Å². The van der Waals surface area contributed by atoms with Crippen LogP contribution in [0.2, 0.25) is 0 Å². The van der Waals surface area contributed by atoms with Gasteiger partial charge in [-0.25, -0.2) is 5.43 Å². The molecule has 1 unspecified atom stereocenters. The lowest BCUT2D eigenvalue weighted by Gasteiger charge is -2.37. The van der Waals surface area contributed by atoms with Gasteiger partial charge in [-0.2, -0.15) is 0 Å². The van der Waals surface area contributed by atoms with Crippen molar-refractivity contribution in [1.82, 2.24) is 10.7 Å². The van der Waals surface area contributed by atoms with Gasteiger partial charge in [0.1, 0.15) is 11.1 Å². The number of hydrazine groups is 1. The predicted molar refractivity (Wildman–Crippen MR) is 128 cm³/mol. The molecule has 0 radical (unpaired) electrons. The van der Waals surface area contributed by atoms with Crippen molar-refractivity contribution in [2.24, 2.45) is 11.8 Å². The lowest BCUT2D eigenvalue weighted by molar-refractivity contribution is -0.157. The Morgan fingerprint density at radius 2 is 1.82 bits per heavy atom. The maximum Gasteiger partial charge on any atom is 0.306 e. The molecule has 0 heterocycles. The van der Waals surface area contributed by atoms with Crippen molar-refractivity contribution >= 4 is 17.8 Å². The lowest BCUT2D eigenvalue weighted by Crippen LogP contribution is -2.65. The van der Waals surface area contributed by atoms with Gasteiger partial charge in [-0.05, 0) is 52.0 Å². The molecule has 2 atom stereocenters. The predicted octanol–water partition coefficient (Wildman–Crippen LogP) is 2.55. The number of hydrogen-bond donors (Lipinski definition) is 4. The number of carbonyl (C=O) groups excluding carboxylic acids is 3. The van der Waals surface area contributed by atoms with E-state index < -0.39 is 41.4 Å². The Balaban J connectivity index is 2.68. The van der Waals surface area contributed by atoms with Crippen LogP contribution in [0.15, 0.2) is 43.0 Å². The first-order chi connectivity index (χ1) is 15.6. The molecule has 33 heavy (non-hydrogen) atoms. The van der Waals surface area contributed by atoms with Crippen LogP contribution in [0.1, 0.15) is 64.9 Å². The zero-order valence-corrected chi connectivity index (χ0v) is 20.1. The zero-order valence-electron chi connectivity index (χ0n) is 20.1. The van der Waals surface area contributed by atoms with Crippen LogP contribution in [-0.2, 0) is 25.5 Å². The number of hydrogen-bond acceptors (Lipinski definition) is 7. The third-order valence-corrected chi connectivity index (χ3v) is 5.34. The molecular weight excluding hydrogens is 422 g/mol. The largest absolute Gasteiger partial charge is 0.460 e. The van der Waals surface area contributed by atoms with Gasteiger partial charge in [-0.1, -0.05) is 42.8 Å². The number of esters is 1. The van der Waals surface area contributed by atoms with Crippen LogP contribution in [0.25, 0.3) is 0 Å². The minimum atomic E-state index is -1.59. The molecule has 2 amide bonds. The summed E-state index contributed by atoms with van der Waals surface area (Å²) in [5.41, 5.74) is 1.38. The van der Waals surface area contributed by atoms with Crippen LogP contribution >= 0.6 is 0 Å². The molecule has 1 rings (SSSR count). The summed E-state index contributed by atoms with van der Waals surface area (Å²) in [6.07, 6.45) is 4.75. The first kappa shape index (κ1) is 28.5. The molecule has 1 aromatic rings. The number of carbonyl (C=O) groups is 3. The minimum absolute atomic E-state index is 0.00765. The highest BCUT2D eigenvalue weighted by Crippen LogP contribution is 2.26. The number of unbranched alkanes of at least 4 members (excludes halogenated alkanes) is 2. The third kappa shape index (κ3) is 9.86. The molecule has 8 nitrogen and oxygen atoms in total. The molecular formula is C25H39N3O5. The highest BCUT2D eigenvalue weighted by Gasteiger charge is 2.45. The number of ether oxygens (including phenoxy) is 1. The van der Waals surface area contributed by atoms with Crippen molar-refractivity contribution in [1.29, 1.82) is 0 Å². The van der Waals surface area contributed by atoms with Crippen molar-refractivity contribution < 1.29 is 24.2 Å². The van der Waals surface area contributed by atoms with Gasteiger partial charge in [0.05, 0.1) is 6.42 Å². The lowest BCUT2D eigenvalue weighted by atomic mass is 9.79. The maximum absolute atomic E-state index is 13.1. The molecule has 0 fully saturated rings. The first-order valence-electron chi connectivity index (χ1n) is 11.4. The monoisotopic (exact) mass is 461 g/mol. The average molecular weight is 462 g/mol. The van der Waals surface area contributed by atoms with Crippen molar-refractivity contribution in [3.8, 4) is 0 Å². The summed E-state index contributed by atoms with van der Waals surface area (Å²) in [6, 6.07) is 10.1. The molecule has 184 valence electrons.